The van der Waals surface area contributed by atoms with E-state index in [0.717, 1.165) is 0 Å². The fourth-order valence-electron chi connectivity index (χ4n) is 2.85. The summed E-state index contributed by atoms with van der Waals surface area (Å²) in [5, 5.41) is 27.9. The van der Waals surface area contributed by atoms with Crippen molar-refractivity contribution in [3.05, 3.63) is 69.3 Å². The summed E-state index contributed by atoms with van der Waals surface area (Å²) in [5.41, 5.74) is -4.01. The van der Waals surface area contributed by atoms with Gasteiger partial charge < -0.3 is 15.3 Å². The molecule has 0 aromatic heterocycles. The second kappa shape index (κ2) is 5.38. The molecule has 0 radical (unpaired) electrons. The molecule has 0 fully saturated rings. The van der Waals surface area contributed by atoms with Crippen LogP contribution in [-0.4, -0.2) is 44.8 Å². The average Bonchev–Trinajstić information content (AvgIpc) is 2.57. The summed E-state index contributed by atoms with van der Waals surface area (Å²) in [7, 11) is 0. The van der Waals surface area contributed by atoms with Gasteiger partial charge in [-0.05, 0) is 6.07 Å². The predicted molar refractivity (Wildman–Crippen MR) is 80.6 cm³/mol. The number of carbonyl (C=O) groups excluding carboxylic acids is 2. The van der Waals surface area contributed by atoms with Crippen molar-refractivity contribution >= 4 is 29.5 Å². The minimum Gasteiger partial charge on any atom is -0.478 e. The van der Waals surface area contributed by atoms with E-state index in [0.29, 0.717) is 6.07 Å². The molecule has 3 rings (SSSR count). The molecule has 0 aliphatic heterocycles. The molecule has 2 aromatic carbocycles. The van der Waals surface area contributed by atoms with Crippen LogP contribution in [0.2, 0.25) is 0 Å². The first-order chi connectivity index (χ1) is 11.8. The summed E-state index contributed by atoms with van der Waals surface area (Å²) in [4.78, 5) is 59.8. The molecular weight excluding hydrogens is 332 g/mol. The van der Waals surface area contributed by atoms with Crippen molar-refractivity contribution in [2.75, 3.05) is 0 Å². The number of carboxylic acid groups (broad SMARTS) is 3. The number of aromatic carboxylic acids is 3. The summed E-state index contributed by atoms with van der Waals surface area (Å²) in [6.07, 6.45) is 0. The monoisotopic (exact) mass is 340 g/mol. The van der Waals surface area contributed by atoms with E-state index in [2.05, 4.69) is 0 Å². The van der Waals surface area contributed by atoms with E-state index in [1.165, 1.54) is 24.3 Å². The molecule has 1 aliphatic carbocycles. The second-order valence-corrected chi connectivity index (χ2v) is 5.22. The van der Waals surface area contributed by atoms with Gasteiger partial charge in [-0.2, -0.15) is 0 Å². The molecular formula is C17H8O8. The van der Waals surface area contributed by atoms with E-state index in [1.807, 2.05) is 0 Å². The van der Waals surface area contributed by atoms with Crippen LogP contribution in [0.3, 0.4) is 0 Å². The fourth-order valence-corrected chi connectivity index (χ4v) is 2.85. The molecule has 3 N–H and O–H groups in total. The van der Waals surface area contributed by atoms with Crippen LogP contribution in [0.4, 0.5) is 0 Å². The number of hydrogen-bond donors (Lipinski definition) is 3. The van der Waals surface area contributed by atoms with Crippen LogP contribution < -0.4 is 0 Å². The Balaban J connectivity index is 2.54. The van der Waals surface area contributed by atoms with Crippen molar-refractivity contribution in [3.8, 4) is 0 Å². The zero-order chi connectivity index (χ0) is 18.5. The van der Waals surface area contributed by atoms with Crippen LogP contribution in [0, 0.1) is 0 Å². The lowest BCUT2D eigenvalue weighted by atomic mass is 9.78. The molecule has 0 spiro atoms. The summed E-state index contributed by atoms with van der Waals surface area (Å²) in [6, 6.07) is 6.12. The highest BCUT2D eigenvalue weighted by atomic mass is 16.4. The standard InChI is InChI=1S/C17H8O8/c18-13-6-3-1-2-4-7(6)14(19)12-10(13)8(15(20)21)5-9(16(22)23)11(12)17(24)25/h1-5H,(H,20,21)(H,22,23)(H,24,25). The Kier molecular flexibility index (Phi) is 3.45. The third-order valence-corrected chi connectivity index (χ3v) is 3.87. The third kappa shape index (κ3) is 2.19. The van der Waals surface area contributed by atoms with E-state index in [4.69, 9.17) is 0 Å². The van der Waals surface area contributed by atoms with Crippen LogP contribution in [0.25, 0.3) is 0 Å². The molecule has 0 bridgehead atoms. The van der Waals surface area contributed by atoms with Crippen molar-refractivity contribution in [2.45, 2.75) is 0 Å². The Labute approximate surface area is 138 Å². The molecule has 25 heavy (non-hydrogen) atoms. The highest BCUT2D eigenvalue weighted by Crippen LogP contribution is 2.34. The summed E-state index contributed by atoms with van der Waals surface area (Å²) in [5.74, 6) is -6.86. The molecule has 2 aromatic rings. The maximum absolute atomic E-state index is 12.7. The van der Waals surface area contributed by atoms with Crippen LogP contribution >= 0.6 is 0 Å². The van der Waals surface area contributed by atoms with E-state index < -0.39 is 57.3 Å². The van der Waals surface area contributed by atoms with Crippen LogP contribution in [0.15, 0.2) is 30.3 Å². The Bertz CT molecular complexity index is 1020. The van der Waals surface area contributed by atoms with Gasteiger partial charge >= 0.3 is 17.9 Å². The lowest BCUT2D eigenvalue weighted by Gasteiger charge is -2.21. The second-order valence-electron chi connectivity index (χ2n) is 5.22. The van der Waals surface area contributed by atoms with Crippen molar-refractivity contribution in [2.24, 2.45) is 0 Å². The Morgan fingerprint density at radius 2 is 1.16 bits per heavy atom. The number of carboxylic acids is 3. The van der Waals surface area contributed by atoms with E-state index >= 15 is 0 Å². The normalized spacial score (nSPS) is 12.3. The minimum atomic E-state index is -1.74. The van der Waals surface area contributed by atoms with Gasteiger partial charge in [0, 0.05) is 22.3 Å². The summed E-state index contributed by atoms with van der Waals surface area (Å²) >= 11 is 0. The molecule has 1 aliphatic rings. The van der Waals surface area contributed by atoms with Gasteiger partial charge in [-0.25, -0.2) is 14.4 Å². The summed E-state index contributed by atoms with van der Waals surface area (Å²) in [6.45, 7) is 0. The van der Waals surface area contributed by atoms with E-state index in [9.17, 15) is 39.3 Å². The van der Waals surface area contributed by atoms with Crippen molar-refractivity contribution in [3.63, 3.8) is 0 Å². The number of carbonyl (C=O) groups is 5. The number of benzene rings is 2. The Morgan fingerprint density at radius 1 is 0.680 bits per heavy atom. The molecule has 0 amide bonds. The van der Waals surface area contributed by atoms with Gasteiger partial charge in [0.05, 0.1) is 16.7 Å². The first-order valence-electron chi connectivity index (χ1n) is 6.85. The molecule has 0 unspecified atom stereocenters. The first-order valence-corrected chi connectivity index (χ1v) is 6.85. The zero-order valence-electron chi connectivity index (χ0n) is 12.3. The van der Waals surface area contributed by atoms with Gasteiger partial charge in [-0.3, -0.25) is 9.59 Å². The first kappa shape index (κ1) is 16.1. The van der Waals surface area contributed by atoms with E-state index in [1.54, 1.807) is 0 Å². The maximum atomic E-state index is 12.7. The number of rotatable bonds is 3. The van der Waals surface area contributed by atoms with Gasteiger partial charge in [0.25, 0.3) is 0 Å². The maximum Gasteiger partial charge on any atom is 0.337 e. The largest absolute Gasteiger partial charge is 0.478 e. The molecule has 8 nitrogen and oxygen atoms in total. The van der Waals surface area contributed by atoms with Crippen molar-refractivity contribution in [1.82, 2.24) is 0 Å². The molecule has 0 saturated heterocycles. The Hall–Kier alpha value is -3.81. The topological polar surface area (TPSA) is 146 Å². The number of fused-ring (bicyclic) bond motifs is 2. The summed E-state index contributed by atoms with van der Waals surface area (Å²) < 4.78 is 0. The molecule has 0 heterocycles. The number of ketones is 2. The lowest BCUT2D eigenvalue weighted by molar-refractivity contribution is 0.0646. The van der Waals surface area contributed by atoms with Crippen molar-refractivity contribution < 1.29 is 39.3 Å². The zero-order valence-corrected chi connectivity index (χ0v) is 12.3. The third-order valence-electron chi connectivity index (χ3n) is 3.87. The SMILES string of the molecule is O=C(O)c1cc(C(=O)O)c2c(c1C(=O)O)C(=O)c1ccccc1C2=O. The fraction of sp³-hybridized carbons (Fsp3) is 0. The van der Waals surface area contributed by atoms with Gasteiger partial charge in [0.2, 0.25) is 0 Å². The quantitative estimate of drug-likeness (QED) is 0.651. The predicted octanol–water partition coefficient (Wildman–Crippen LogP) is 1.56. The van der Waals surface area contributed by atoms with Crippen LogP contribution in [0.5, 0.6) is 0 Å². The van der Waals surface area contributed by atoms with Crippen LogP contribution in [0.1, 0.15) is 62.9 Å². The highest BCUT2D eigenvalue weighted by molar-refractivity contribution is 6.33. The molecule has 0 atom stereocenters. The average molecular weight is 340 g/mol. The van der Waals surface area contributed by atoms with Gasteiger partial charge in [0.1, 0.15) is 0 Å². The minimum absolute atomic E-state index is 0.0677. The molecule has 124 valence electrons. The van der Waals surface area contributed by atoms with Gasteiger partial charge in [0.15, 0.2) is 11.6 Å². The van der Waals surface area contributed by atoms with E-state index in [-0.39, 0.29) is 11.1 Å². The van der Waals surface area contributed by atoms with Gasteiger partial charge in [-0.15, -0.1) is 0 Å². The number of hydrogen-bond acceptors (Lipinski definition) is 5. The van der Waals surface area contributed by atoms with Gasteiger partial charge in [-0.1, -0.05) is 24.3 Å². The molecule has 0 saturated carbocycles. The smallest absolute Gasteiger partial charge is 0.337 e. The Morgan fingerprint density at radius 3 is 1.60 bits per heavy atom. The highest BCUT2D eigenvalue weighted by Gasteiger charge is 2.39. The molecule has 8 heteroatoms. The van der Waals surface area contributed by atoms with Crippen LogP contribution in [-0.2, 0) is 0 Å². The lowest BCUT2D eigenvalue weighted by Crippen LogP contribution is -2.28. The van der Waals surface area contributed by atoms with Crippen molar-refractivity contribution in [1.29, 1.82) is 0 Å².